The predicted octanol–water partition coefficient (Wildman–Crippen LogP) is 1.21. The molecule has 4 heavy (non-hydrogen) atoms. The lowest BCUT2D eigenvalue weighted by molar-refractivity contribution is 0.555. The fraction of sp³-hybridized carbons (Fsp3) is 1.00. The molecule has 0 aromatic carbocycles. The van der Waals surface area contributed by atoms with E-state index in [-0.39, 0.29) is 0 Å². The van der Waals surface area contributed by atoms with Gasteiger partial charge in [0.1, 0.15) is 0 Å². The summed E-state index contributed by atoms with van der Waals surface area (Å²) in [7, 11) is -0.418. The fourth-order valence-corrected chi connectivity index (χ4v) is 0. The maximum atomic E-state index is 10.4. The van der Waals surface area contributed by atoms with Gasteiger partial charge in [-0.1, -0.05) is 0 Å². The molecular formula is CH2FOP. The predicted molar refractivity (Wildman–Crippen MR) is 13.6 cm³/mol. The molecule has 24 valence electrons. The van der Waals surface area contributed by atoms with Gasteiger partial charge in [-0.15, -0.1) is 0 Å². The molecule has 0 amide bonds. The summed E-state index contributed by atoms with van der Waals surface area (Å²) in [5.74, 6) is 0. The Kier molecular flexibility index (Phi) is 3.05. The first-order chi connectivity index (χ1) is 1.91. The zero-order valence-electron chi connectivity index (χ0n) is 1.94. The van der Waals surface area contributed by atoms with Crippen LogP contribution in [-0.2, 0) is 4.57 Å². The number of hydrogen-bond donors (Lipinski definition) is 0. The van der Waals surface area contributed by atoms with Gasteiger partial charge in [-0.3, -0.25) is 4.57 Å². The Labute approximate surface area is 25.0 Å². The second kappa shape index (κ2) is 3.03. The van der Waals surface area contributed by atoms with Crippen molar-refractivity contribution in [2.24, 2.45) is 0 Å². The highest BCUT2D eigenvalue weighted by molar-refractivity contribution is 7.23. The molecule has 0 aromatic rings. The summed E-state index contributed by atoms with van der Waals surface area (Å²) in [6.07, 6.45) is -0.764. The monoisotopic (exact) mass is 80.0 g/mol. The van der Waals surface area contributed by atoms with Crippen molar-refractivity contribution < 1.29 is 8.96 Å². The topological polar surface area (TPSA) is 17.1 Å². The van der Waals surface area contributed by atoms with Gasteiger partial charge in [0.05, 0.1) is 0 Å². The van der Waals surface area contributed by atoms with Gasteiger partial charge in [-0.05, 0) is 0 Å². The molecule has 0 aliphatic carbocycles. The lowest BCUT2D eigenvalue weighted by atomic mass is 11.8. The molecule has 0 atom stereocenters. The number of alkyl halides is 1. The zero-order valence-corrected chi connectivity index (χ0v) is 2.83. The molecule has 0 saturated carbocycles. The van der Waals surface area contributed by atoms with Gasteiger partial charge in [-0.2, -0.15) is 0 Å². The van der Waals surface area contributed by atoms with Crippen molar-refractivity contribution in [2.75, 3.05) is 6.42 Å². The van der Waals surface area contributed by atoms with Crippen LogP contribution in [0.3, 0.4) is 0 Å². The third kappa shape index (κ3) is 2.03. The van der Waals surface area contributed by atoms with Crippen molar-refractivity contribution in [2.45, 2.75) is 0 Å². The van der Waals surface area contributed by atoms with Crippen LogP contribution < -0.4 is 0 Å². The Morgan fingerprint density at radius 2 is 2.25 bits per heavy atom. The molecule has 0 spiro atoms. The lowest BCUT2D eigenvalue weighted by Gasteiger charge is -1.46. The molecule has 0 aliphatic rings. The van der Waals surface area contributed by atoms with Gasteiger partial charge < -0.3 is 0 Å². The van der Waals surface area contributed by atoms with E-state index in [2.05, 4.69) is 0 Å². The maximum absolute atomic E-state index is 10.4. The smallest absolute Gasteiger partial charge is 0.189 e. The van der Waals surface area contributed by atoms with Crippen molar-refractivity contribution in [3.8, 4) is 0 Å². The first-order valence-electron chi connectivity index (χ1n) is 0.766. The molecule has 0 aromatic heterocycles. The minimum absolute atomic E-state index is 0.418. The fourth-order valence-electron chi connectivity index (χ4n) is 0. The zero-order chi connectivity index (χ0) is 3.41. The highest BCUT2D eigenvalue weighted by Gasteiger charge is 1.60. The van der Waals surface area contributed by atoms with E-state index >= 15 is 0 Å². The summed E-state index contributed by atoms with van der Waals surface area (Å²) < 4.78 is 19.3. The van der Waals surface area contributed by atoms with Gasteiger partial charge in [0.2, 0.25) is 0 Å². The third-order valence-corrected chi connectivity index (χ3v) is 0.146. The van der Waals surface area contributed by atoms with E-state index in [0.29, 0.717) is 0 Å². The molecule has 0 N–H and O–H groups in total. The summed E-state index contributed by atoms with van der Waals surface area (Å²) >= 11 is 0. The largest absolute Gasteiger partial charge is 0.272 e. The quantitative estimate of drug-likeness (QED) is 0.432. The van der Waals surface area contributed by atoms with E-state index in [1.807, 2.05) is 0 Å². The van der Waals surface area contributed by atoms with E-state index in [9.17, 15) is 4.39 Å². The van der Waals surface area contributed by atoms with Crippen molar-refractivity contribution in [1.82, 2.24) is 0 Å². The average molecular weight is 80.0 g/mol. The molecule has 0 aliphatic heterocycles. The molecule has 0 saturated heterocycles. The SMILES string of the molecule is O=PCF. The molecule has 0 rings (SSSR count). The molecule has 0 unspecified atom stereocenters. The molecule has 1 nitrogen and oxygen atoms in total. The summed E-state index contributed by atoms with van der Waals surface area (Å²) in [6.45, 7) is 0. The van der Waals surface area contributed by atoms with Crippen LogP contribution in [0.25, 0.3) is 0 Å². The van der Waals surface area contributed by atoms with Crippen LogP contribution in [0.1, 0.15) is 0 Å². The molecular weight excluding hydrogens is 78.0 g/mol. The van der Waals surface area contributed by atoms with E-state index in [0.717, 1.165) is 0 Å². The van der Waals surface area contributed by atoms with Crippen molar-refractivity contribution >= 4 is 8.46 Å². The van der Waals surface area contributed by atoms with Gasteiger partial charge in [0.25, 0.3) is 0 Å². The van der Waals surface area contributed by atoms with Crippen molar-refractivity contribution in [1.29, 1.82) is 0 Å². The minimum Gasteiger partial charge on any atom is -0.272 e. The van der Waals surface area contributed by atoms with E-state index in [1.54, 1.807) is 0 Å². The van der Waals surface area contributed by atoms with E-state index in [4.69, 9.17) is 4.57 Å². The Bertz CT molecular complexity index is 22.0. The summed E-state index contributed by atoms with van der Waals surface area (Å²) in [5.41, 5.74) is 0. The third-order valence-electron chi connectivity index (χ3n) is 0.0488. The Hall–Kier alpha value is 0.0300. The highest BCUT2D eigenvalue weighted by atomic mass is 31.1. The number of rotatable bonds is 1. The summed E-state index contributed by atoms with van der Waals surface area (Å²) in [5, 5.41) is 0. The van der Waals surface area contributed by atoms with Crippen LogP contribution in [0.15, 0.2) is 0 Å². The van der Waals surface area contributed by atoms with Gasteiger partial charge in [-0.25, -0.2) is 4.39 Å². The summed E-state index contributed by atoms with van der Waals surface area (Å²) in [4.78, 5) is 0. The van der Waals surface area contributed by atoms with Crippen LogP contribution in [0.2, 0.25) is 0 Å². The molecule has 0 fully saturated rings. The van der Waals surface area contributed by atoms with Crippen LogP contribution in [-0.4, -0.2) is 6.42 Å². The number of hydrogen-bond acceptors (Lipinski definition) is 1. The number of halogens is 1. The Balaban J connectivity index is 2.30. The summed E-state index contributed by atoms with van der Waals surface area (Å²) in [6, 6.07) is 0. The molecule has 0 bridgehead atoms. The standard InChI is InChI=1S/CH2FOP/c2-1-4-3/h1H2. The van der Waals surface area contributed by atoms with E-state index < -0.39 is 14.9 Å². The molecule has 0 radical (unpaired) electrons. The van der Waals surface area contributed by atoms with Crippen LogP contribution in [0, 0.1) is 0 Å². The van der Waals surface area contributed by atoms with Crippen LogP contribution >= 0.6 is 8.46 Å². The van der Waals surface area contributed by atoms with Gasteiger partial charge in [0, 0.05) is 0 Å². The van der Waals surface area contributed by atoms with Gasteiger partial charge >= 0.3 is 0 Å². The highest BCUT2D eigenvalue weighted by Crippen LogP contribution is 1.85. The van der Waals surface area contributed by atoms with Gasteiger partial charge in [0.15, 0.2) is 14.9 Å². The minimum atomic E-state index is -0.764. The lowest BCUT2D eigenvalue weighted by Crippen LogP contribution is -1.33. The molecule has 3 heteroatoms. The second-order valence-corrected chi connectivity index (χ2v) is 0.746. The maximum Gasteiger partial charge on any atom is 0.189 e. The first kappa shape index (κ1) is 4.03. The first-order valence-corrected chi connectivity index (χ1v) is 1.76. The Morgan fingerprint density at radius 3 is 2.25 bits per heavy atom. The van der Waals surface area contributed by atoms with Crippen molar-refractivity contribution in [3.05, 3.63) is 0 Å². The van der Waals surface area contributed by atoms with Crippen molar-refractivity contribution in [3.63, 3.8) is 0 Å². The normalized spacial score (nSPS) is 8.25. The van der Waals surface area contributed by atoms with E-state index in [1.165, 1.54) is 0 Å². The van der Waals surface area contributed by atoms with Crippen LogP contribution in [0.5, 0.6) is 0 Å². The molecule has 0 heterocycles. The average Bonchev–Trinajstić information content (AvgIpc) is 1.37. The second-order valence-electron chi connectivity index (χ2n) is 0.249. The van der Waals surface area contributed by atoms with Crippen LogP contribution in [0.4, 0.5) is 4.39 Å². The Morgan fingerprint density at radius 1 is 2.00 bits per heavy atom.